The number of nitrogens with zero attached hydrogens (tertiary/aromatic N) is 3. The van der Waals surface area contributed by atoms with Crippen molar-refractivity contribution in [2.45, 2.75) is 42.5 Å². The first-order valence-corrected chi connectivity index (χ1v) is 10.1. The van der Waals surface area contributed by atoms with Crippen molar-refractivity contribution >= 4 is 34.5 Å². The maximum Gasteiger partial charge on any atom is 0.311 e. The number of aliphatic carboxylic acids is 1. The molecule has 0 radical (unpaired) electrons. The molecule has 28 heavy (non-hydrogen) atoms. The number of hydrogen-bond acceptors (Lipinski definition) is 4. The van der Waals surface area contributed by atoms with Crippen molar-refractivity contribution in [3.63, 3.8) is 0 Å². The van der Waals surface area contributed by atoms with Crippen molar-refractivity contribution in [1.82, 2.24) is 14.4 Å². The molecular weight excluding hydrogens is 370 g/mol. The fraction of sp³-hybridized carbons (Fsp3) is 0.227. The smallest absolute Gasteiger partial charge is 0.311 e. The first kappa shape index (κ1) is 18.5. The molecule has 0 aliphatic heterocycles. The molecule has 0 aliphatic carbocycles. The van der Waals surface area contributed by atoms with Gasteiger partial charge in [-0.05, 0) is 37.6 Å². The zero-order valence-corrected chi connectivity index (χ0v) is 16.6. The van der Waals surface area contributed by atoms with E-state index in [1.54, 1.807) is 11.8 Å². The second-order valence-electron chi connectivity index (χ2n) is 6.75. The lowest BCUT2D eigenvalue weighted by Gasteiger charge is -2.19. The predicted octanol–water partition coefficient (Wildman–Crippen LogP) is 5.31. The van der Waals surface area contributed by atoms with Crippen LogP contribution in [-0.2, 0) is 4.79 Å². The lowest BCUT2D eigenvalue weighted by Crippen LogP contribution is -2.16. The Balaban J connectivity index is 2.06. The molecule has 5 nitrogen and oxygen atoms in total. The van der Waals surface area contributed by atoms with Gasteiger partial charge in [0.05, 0.1) is 22.0 Å². The van der Waals surface area contributed by atoms with Crippen LogP contribution in [0.1, 0.15) is 36.9 Å². The minimum absolute atomic E-state index is 0.568. The Labute approximate surface area is 167 Å². The Kier molecular flexibility index (Phi) is 5.05. The summed E-state index contributed by atoms with van der Waals surface area (Å²) in [7, 11) is 0. The van der Waals surface area contributed by atoms with Gasteiger partial charge in [0.1, 0.15) is 0 Å². The maximum absolute atomic E-state index is 12.1. The van der Waals surface area contributed by atoms with Crippen molar-refractivity contribution < 1.29 is 9.90 Å². The fourth-order valence-corrected chi connectivity index (χ4v) is 4.74. The molecule has 0 bridgehead atoms. The van der Waals surface area contributed by atoms with Crippen molar-refractivity contribution in [3.8, 4) is 0 Å². The molecule has 1 atom stereocenters. The predicted molar refractivity (Wildman–Crippen MR) is 111 cm³/mol. The van der Waals surface area contributed by atoms with E-state index in [0.29, 0.717) is 12.2 Å². The van der Waals surface area contributed by atoms with E-state index in [0.717, 1.165) is 38.6 Å². The highest BCUT2D eigenvalue weighted by atomic mass is 32.2. The normalized spacial score (nSPS) is 12.5. The Bertz CT molecular complexity index is 1150. The van der Waals surface area contributed by atoms with E-state index in [4.69, 9.17) is 0 Å². The first-order valence-electron chi connectivity index (χ1n) is 9.33. The van der Waals surface area contributed by atoms with Crippen molar-refractivity contribution in [1.29, 1.82) is 0 Å². The summed E-state index contributed by atoms with van der Waals surface area (Å²) in [5.74, 6) is -0.818. The fourth-order valence-electron chi connectivity index (χ4n) is 3.56. The standard InChI is InChI=1S/C22H21N3O2S/c1-3-9-16(21(26)27)19-14(2)23-22-24-17-12-7-8-13-18(17)25(22)20(19)28-15-10-5-4-6-11-15/h4-8,10-13,16H,3,9H2,1-2H3,(H,26,27). The number of aromatic nitrogens is 3. The molecule has 6 heteroatoms. The topological polar surface area (TPSA) is 67.5 Å². The van der Waals surface area contributed by atoms with Crippen LogP contribution >= 0.6 is 11.8 Å². The number of carboxylic acid groups (broad SMARTS) is 1. The van der Waals surface area contributed by atoms with Gasteiger partial charge in [-0.1, -0.05) is 55.4 Å². The van der Waals surface area contributed by atoms with E-state index in [-0.39, 0.29) is 0 Å². The van der Waals surface area contributed by atoms with Crippen LogP contribution < -0.4 is 0 Å². The highest BCUT2D eigenvalue weighted by Gasteiger charge is 2.28. The molecule has 0 amide bonds. The quantitative estimate of drug-likeness (QED) is 0.451. The van der Waals surface area contributed by atoms with Gasteiger partial charge in [-0.15, -0.1) is 0 Å². The molecule has 0 saturated heterocycles. The van der Waals surface area contributed by atoms with Gasteiger partial charge in [0, 0.05) is 16.2 Å². The van der Waals surface area contributed by atoms with Crippen LogP contribution in [0.15, 0.2) is 64.5 Å². The molecule has 4 aromatic rings. The van der Waals surface area contributed by atoms with Crippen molar-refractivity contribution in [3.05, 3.63) is 65.9 Å². The molecule has 0 saturated carbocycles. The molecule has 142 valence electrons. The van der Waals surface area contributed by atoms with Gasteiger partial charge in [-0.2, -0.15) is 0 Å². The summed E-state index contributed by atoms with van der Waals surface area (Å²) in [4.78, 5) is 22.5. The van der Waals surface area contributed by atoms with Gasteiger partial charge < -0.3 is 5.11 Å². The summed E-state index contributed by atoms with van der Waals surface area (Å²) < 4.78 is 2.00. The van der Waals surface area contributed by atoms with E-state index in [9.17, 15) is 9.90 Å². The van der Waals surface area contributed by atoms with Crippen LogP contribution in [0, 0.1) is 6.92 Å². The minimum Gasteiger partial charge on any atom is -0.481 e. The molecule has 0 fully saturated rings. The van der Waals surface area contributed by atoms with E-state index >= 15 is 0 Å². The summed E-state index contributed by atoms with van der Waals surface area (Å²) in [5.41, 5.74) is 3.29. The molecule has 2 heterocycles. The van der Waals surface area contributed by atoms with Gasteiger partial charge in [-0.25, -0.2) is 9.97 Å². The van der Waals surface area contributed by atoms with Gasteiger partial charge in [-0.3, -0.25) is 9.20 Å². The average Bonchev–Trinajstić information content (AvgIpc) is 3.05. The van der Waals surface area contributed by atoms with E-state index < -0.39 is 11.9 Å². The second kappa shape index (κ2) is 7.64. The number of carbonyl (C=O) groups is 1. The zero-order valence-electron chi connectivity index (χ0n) is 15.8. The number of hydrogen-bond donors (Lipinski definition) is 1. The highest BCUT2D eigenvalue weighted by molar-refractivity contribution is 7.99. The van der Waals surface area contributed by atoms with E-state index in [1.165, 1.54) is 0 Å². The van der Waals surface area contributed by atoms with E-state index in [2.05, 4.69) is 9.97 Å². The number of aryl methyl sites for hydroxylation is 1. The largest absolute Gasteiger partial charge is 0.481 e. The van der Waals surface area contributed by atoms with Crippen molar-refractivity contribution in [2.75, 3.05) is 0 Å². The van der Waals surface area contributed by atoms with Gasteiger partial charge in [0.15, 0.2) is 0 Å². The van der Waals surface area contributed by atoms with Crippen LogP contribution in [0.3, 0.4) is 0 Å². The Morgan fingerprint density at radius 3 is 2.54 bits per heavy atom. The third-order valence-electron chi connectivity index (χ3n) is 4.82. The molecule has 4 rings (SSSR count). The third kappa shape index (κ3) is 3.24. The molecule has 0 aliphatic rings. The minimum atomic E-state index is -0.814. The number of imidazole rings is 1. The van der Waals surface area contributed by atoms with Crippen LogP contribution in [0.4, 0.5) is 0 Å². The van der Waals surface area contributed by atoms with E-state index in [1.807, 2.05) is 72.8 Å². The number of fused-ring (bicyclic) bond motifs is 3. The number of para-hydroxylation sites is 2. The molecular formula is C22H21N3O2S. The Morgan fingerprint density at radius 1 is 1.11 bits per heavy atom. The first-order chi connectivity index (χ1) is 13.6. The van der Waals surface area contributed by atoms with Crippen molar-refractivity contribution in [2.24, 2.45) is 0 Å². The summed E-state index contributed by atoms with van der Waals surface area (Å²) in [6.45, 7) is 3.89. The Hall–Kier alpha value is -2.86. The summed E-state index contributed by atoms with van der Waals surface area (Å²) in [6.07, 6.45) is 1.35. The van der Waals surface area contributed by atoms with Crippen LogP contribution in [0.2, 0.25) is 0 Å². The maximum atomic E-state index is 12.1. The molecule has 1 N–H and O–H groups in total. The van der Waals surface area contributed by atoms with Crippen LogP contribution in [0.5, 0.6) is 0 Å². The molecule has 2 aromatic heterocycles. The molecule has 2 aromatic carbocycles. The van der Waals surface area contributed by atoms with Crippen LogP contribution in [0.25, 0.3) is 16.8 Å². The highest BCUT2D eigenvalue weighted by Crippen LogP contribution is 2.39. The van der Waals surface area contributed by atoms with Gasteiger partial charge in [0.25, 0.3) is 0 Å². The summed E-state index contributed by atoms with van der Waals surface area (Å²) in [6, 6.07) is 17.9. The third-order valence-corrected chi connectivity index (χ3v) is 5.92. The average molecular weight is 391 g/mol. The Morgan fingerprint density at radius 2 is 1.82 bits per heavy atom. The number of benzene rings is 2. The van der Waals surface area contributed by atoms with Gasteiger partial charge >= 0.3 is 5.97 Å². The SMILES string of the molecule is CCCC(C(=O)O)c1c(C)nc2nc3ccccc3n2c1Sc1ccccc1. The molecule has 0 spiro atoms. The number of rotatable bonds is 6. The monoisotopic (exact) mass is 391 g/mol. The summed E-state index contributed by atoms with van der Waals surface area (Å²) in [5, 5.41) is 10.8. The van der Waals surface area contributed by atoms with Crippen LogP contribution in [-0.4, -0.2) is 25.4 Å². The summed E-state index contributed by atoms with van der Waals surface area (Å²) >= 11 is 1.57. The second-order valence-corrected chi connectivity index (χ2v) is 7.81. The number of carboxylic acids is 1. The van der Waals surface area contributed by atoms with Gasteiger partial charge in [0.2, 0.25) is 5.78 Å². The molecule has 1 unspecified atom stereocenters. The lowest BCUT2D eigenvalue weighted by molar-refractivity contribution is -0.139. The lowest BCUT2D eigenvalue weighted by atomic mass is 9.94. The zero-order chi connectivity index (χ0) is 19.7.